The summed E-state index contributed by atoms with van der Waals surface area (Å²) in [6.45, 7) is 4.03. The quantitative estimate of drug-likeness (QED) is 0.667. The maximum absolute atomic E-state index is 13.8. The third kappa shape index (κ3) is 2.50. The molecule has 0 spiro atoms. The van der Waals surface area contributed by atoms with Crippen molar-refractivity contribution in [1.82, 2.24) is 0 Å². The van der Waals surface area contributed by atoms with E-state index in [-0.39, 0.29) is 5.82 Å². The molecule has 0 aliphatic carbocycles. The van der Waals surface area contributed by atoms with E-state index in [0.717, 1.165) is 16.7 Å². The summed E-state index contributed by atoms with van der Waals surface area (Å²) in [4.78, 5) is 0. The molecule has 2 heteroatoms. The third-order valence-electron chi connectivity index (χ3n) is 2.86. The van der Waals surface area contributed by atoms with Crippen molar-refractivity contribution < 1.29 is 4.39 Å². The summed E-state index contributed by atoms with van der Waals surface area (Å²) in [6.07, 6.45) is 0. The Morgan fingerprint density at radius 2 is 1.76 bits per heavy atom. The van der Waals surface area contributed by atoms with Gasteiger partial charge in [-0.15, -0.1) is 11.6 Å². The molecule has 2 aromatic carbocycles. The van der Waals surface area contributed by atoms with Gasteiger partial charge in [0.25, 0.3) is 0 Å². The Labute approximate surface area is 106 Å². The topological polar surface area (TPSA) is 0 Å². The Morgan fingerprint density at radius 1 is 1.00 bits per heavy atom. The average Bonchev–Trinajstić information content (AvgIpc) is 2.30. The van der Waals surface area contributed by atoms with Crippen molar-refractivity contribution >= 4 is 11.6 Å². The van der Waals surface area contributed by atoms with Gasteiger partial charge in [-0.25, -0.2) is 4.39 Å². The standard InChI is InChI=1S/C15H14ClF/c1-10-3-5-13(11(2)7-10)14-8-12(9-16)4-6-15(14)17/h3-8H,9H2,1-2H3. The van der Waals surface area contributed by atoms with E-state index in [0.29, 0.717) is 11.4 Å². The van der Waals surface area contributed by atoms with Gasteiger partial charge in [-0.2, -0.15) is 0 Å². The lowest BCUT2D eigenvalue weighted by Gasteiger charge is -2.09. The van der Waals surface area contributed by atoms with Gasteiger partial charge in [0, 0.05) is 11.4 Å². The molecule has 0 heterocycles. The number of aryl methyl sites for hydroxylation is 2. The number of hydrogen-bond acceptors (Lipinski definition) is 0. The molecular weight excluding hydrogens is 235 g/mol. The van der Waals surface area contributed by atoms with Crippen LogP contribution < -0.4 is 0 Å². The zero-order valence-corrected chi connectivity index (χ0v) is 10.7. The molecule has 0 amide bonds. The van der Waals surface area contributed by atoms with Crippen molar-refractivity contribution in [3.8, 4) is 11.1 Å². The fourth-order valence-electron chi connectivity index (χ4n) is 1.98. The molecule has 0 bridgehead atoms. The Morgan fingerprint density at radius 3 is 2.41 bits per heavy atom. The zero-order chi connectivity index (χ0) is 12.4. The molecule has 0 atom stereocenters. The number of benzene rings is 2. The third-order valence-corrected chi connectivity index (χ3v) is 3.17. The second-order valence-corrected chi connectivity index (χ2v) is 4.53. The predicted molar refractivity (Wildman–Crippen MR) is 70.9 cm³/mol. The fourth-order valence-corrected chi connectivity index (χ4v) is 2.14. The largest absolute Gasteiger partial charge is 0.206 e. The summed E-state index contributed by atoms with van der Waals surface area (Å²) in [5, 5.41) is 0. The summed E-state index contributed by atoms with van der Waals surface area (Å²) in [6, 6.07) is 11.0. The van der Waals surface area contributed by atoms with E-state index in [1.807, 2.05) is 32.0 Å². The molecule has 0 radical (unpaired) electrons. The Bertz CT molecular complexity index is 547. The highest BCUT2D eigenvalue weighted by Crippen LogP contribution is 2.28. The number of halogens is 2. The predicted octanol–water partition coefficient (Wildman–Crippen LogP) is 4.85. The van der Waals surface area contributed by atoms with E-state index in [2.05, 4.69) is 6.07 Å². The van der Waals surface area contributed by atoms with Crippen LogP contribution in [0.5, 0.6) is 0 Å². The first kappa shape index (κ1) is 12.1. The molecule has 2 aromatic rings. The van der Waals surface area contributed by atoms with Gasteiger partial charge in [-0.1, -0.05) is 29.8 Å². The normalized spacial score (nSPS) is 10.6. The first-order valence-corrected chi connectivity index (χ1v) is 6.07. The van der Waals surface area contributed by atoms with Crippen molar-refractivity contribution in [1.29, 1.82) is 0 Å². The van der Waals surface area contributed by atoms with Crippen molar-refractivity contribution in [2.75, 3.05) is 0 Å². The molecule has 0 nitrogen and oxygen atoms in total. The SMILES string of the molecule is Cc1ccc(-c2cc(CCl)ccc2F)c(C)c1. The molecule has 2 rings (SSSR count). The maximum atomic E-state index is 13.8. The minimum Gasteiger partial charge on any atom is -0.206 e. The van der Waals surface area contributed by atoms with Crippen LogP contribution >= 0.6 is 11.6 Å². The lowest BCUT2D eigenvalue weighted by atomic mass is 9.97. The van der Waals surface area contributed by atoms with E-state index in [4.69, 9.17) is 11.6 Å². The highest BCUT2D eigenvalue weighted by Gasteiger charge is 2.08. The number of hydrogen-bond donors (Lipinski definition) is 0. The van der Waals surface area contributed by atoms with E-state index in [9.17, 15) is 4.39 Å². The van der Waals surface area contributed by atoms with Crippen LogP contribution in [0.4, 0.5) is 4.39 Å². The van der Waals surface area contributed by atoms with Gasteiger partial charge in [0.1, 0.15) is 5.82 Å². The molecule has 0 N–H and O–H groups in total. The second-order valence-electron chi connectivity index (χ2n) is 4.27. The molecule has 0 unspecified atom stereocenters. The molecule has 0 aromatic heterocycles. The molecule has 0 fully saturated rings. The van der Waals surface area contributed by atoms with Crippen LogP contribution in [0.25, 0.3) is 11.1 Å². The van der Waals surface area contributed by atoms with Crippen LogP contribution in [-0.2, 0) is 5.88 Å². The molecule has 0 aliphatic heterocycles. The molecule has 17 heavy (non-hydrogen) atoms. The van der Waals surface area contributed by atoms with Gasteiger partial charge < -0.3 is 0 Å². The van der Waals surface area contributed by atoms with Crippen LogP contribution in [0.15, 0.2) is 36.4 Å². The Kier molecular flexibility index (Phi) is 3.49. The Hall–Kier alpha value is -1.34. The van der Waals surface area contributed by atoms with E-state index >= 15 is 0 Å². The molecular formula is C15H14ClF. The van der Waals surface area contributed by atoms with Crippen molar-refractivity contribution in [2.45, 2.75) is 19.7 Å². The second kappa shape index (κ2) is 4.89. The molecule has 0 aliphatic rings. The van der Waals surface area contributed by atoms with Gasteiger partial charge in [-0.05, 0) is 42.7 Å². The van der Waals surface area contributed by atoms with Gasteiger partial charge in [0.2, 0.25) is 0 Å². The average molecular weight is 249 g/mol. The fraction of sp³-hybridized carbons (Fsp3) is 0.200. The smallest absolute Gasteiger partial charge is 0.131 e. The van der Waals surface area contributed by atoms with E-state index in [1.54, 1.807) is 6.07 Å². The van der Waals surface area contributed by atoms with Crippen molar-refractivity contribution in [2.24, 2.45) is 0 Å². The Balaban J connectivity index is 2.59. The summed E-state index contributed by atoms with van der Waals surface area (Å²) >= 11 is 5.78. The lowest BCUT2D eigenvalue weighted by Crippen LogP contribution is -1.90. The number of rotatable bonds is 2. The monoisotopic (exact) mass is 248 g/mol. The van der Waals surface area contributed by atoms with Crippen LogP contribution in [0.2, 0.25) is 0 Å². The van der Waals surface area contributed by atoms with Gasteiger partial charge in [0.15, 0.2) is 0 Å². The zero-order valence-electron chi connectivity index (χ0n) is 9.93. The number of alkyl halides is 1. The van der Waals surface area contributed by atoms with Crippen molar-refractivity contribution in [3.05, 3.63) is 58.9 Å². The van der Waals surface area contributed by atoms with Crippen LogP contribution in [-0.4, -0.2) is 0 Å². The first-order chi connectivity index (χ1) is 8.11. The first-order valence-electron chi connectivity index (χ1n) is 5.54. The summed E-state index contributed by atoms with van der Waals surface area (Å²) in [5.41, 5.74) is 4.75. The minimum absolute atomic E-state index is 0.203. The maximum Gasteiger partial charge on any atom is 0.131 e. The highest BCUT2D eigenvalue weighted by atomic mass is 35.5. The van der Waals surface area contributed by atoms with E-state index in [1.165, 1.54) is 11.6 Å². The van der Waals surface area contributed by atoms with Gasteiger partial charge in [0.05, 0.1) is 0 Å². The summed E-state index contributed by atoms with van der Waals surface area (Å²) in [7, 11) is 0. The van der Waals surface area contributed by atoms with E-state index < -0.39 is 0 Å². The lowest BCUT2D eigenvalue weighted by molar-refractivity contribution is 0.630. The molecule has 0 saturated carbocycles. The summed E-state index contributed by atoms with van der Waals surface area (Å²) in [5.74, 6) is 0.198. The van der Waals surface area contributed by atoms with Crippen LogP contribution in [0, 0.1) is 19.7 Å². The molecule has 0 saturated heterocycles. The van der Waals surface area contributed by atoms with Crippen molar-refractivity contribution in [3.63, 3.8) is 0 Å². The highest BCUT2D eigenvalue weighted by molar-refractivity contribution is 6.17. The van der Waals surface area contributed by atoms with Crippen LogP contribution in [0.1, 0.15) is 16.7 Å². The molecule has 88 valence electrons. The van der Waals surface area contributed by atoms with Gasteiger partial charge >= 0.3 is 0 Å². The van der Waals surface area contributed by atoms with Crippen LogP contribution in [0.3, 0.4) is 0 Å². The summed E-state index contributed by atoms with van der Waals surface area (Å²) < 4.78 is 13.8. The minimum atomic E-state index is -0.203. The van der Waals surface area contributed by atoms with Gasteiger partial charge in [-0.3, -0.25) is 0 Å².